The van der Waals surface area contributed by atoms with Crippen LogP contribution in [0.2, 0.25) is 0 Å². The van der Waals surface area contributed by atoms with Gasteiger partial charge in [0.05, 0.1) is 0 Å². The second kappa shape index (κ2) is 6.94. The van der Waals surface area contributed by atoms with Crippen molar-refractivity contribution in [3.05, 3.63) is 17.1 Å². The summed E-state index contributed by atoms with van der Waals surface area (Å²) < 4.78 is 33.3. The van der Waals surface area contributed by atoms with Gasteiger partial charge in [0.25, 0.3) is 0 Å². The molecular weight excluding hydrogens is 288 g/mol. The van der Waals surface area contributed by atoms with Gasteiger partial charge in [-0.05, 0) is 32.2 Å². The summed E-state index contributed by atoms with van der Waals surface area (Å²) in [5.74, 6) is 1.10. The van der Waals surface area contributed by atoms with Gasteiger partial charge in [-0.15, -0.1) is 0 Å². The summed E-state index contributed by atoms with van der Waals surface area (Å²) in [4.78, 5) is 0.287. The monoisotopic (exact) mass is 316 g/mol. The molecule has 0 saturated carbocycles. The summed E-state index contributed by atoms with van der Waals surface area (Å²) in [7, 11) is -3.54. The average Bonchev–Trinajstić information content (AvgIpc) is 2.59. The molecule has 0 fully saturated rings. The smallest absolute Gasteiger partial charge is 0.244 e. The Kier molecular flexibility index (Phi) is 6.01. The second-order valence-electron chi connectivity index (χ2n) is 6.51. The van der Waals surface area contributed by atoms with E-state index >= 15 is 0 Å². The average molecular weight is 316 g/mol. The van der Waals surface area contributed by atoms with Crippen LogP contribution in [-0.2, 0) is 16.6 Å². The third-order valence-corrected chi connectivity index (χ3v) is 4.97. The molecule has 6 heteroatoms. The lowest BCUT2D eigenvalue weighted by molar-refractivity contribution is 0.378. The fourth-order valence-electron chi connectivity index (χ4n) is 2.15. The van der Waals surface area contributed by atoms with E-state index in [9.17, 15) is 8.42 Å². The Bertz CT molecular complexity index is 568. The van der Waals surface area contributed by atoms with Gasteiger partial charge in [0, 0.05) is 18.7 Å². The van der Waals surface area contributed by atoms with Crippen molar-refractivity contribution in [2.45, 2.75) is 59.4 Å². The molecule has 0 amide bonds. The number of rotatable bonds is 7. The molecule has 0 spiro atoms. The van der Waals surface area contributed by atoms with Crippen LogP contribution in [-0.4, -0.2) is 21.5 Å². The van der Waals surface area contributed by atoms with Gasteiger partial charge in [0.2, 0.25) is 10.0 Å². The molecule has 5 nitrogen and oxygen atoms in total. The van der Waals surface area contributed by atoms with Gasteiger partial charge in [0.15, 0.2) is 0 Å². The van der Waals surface area contributed by atoms with E-state index in [1.807, 2.05) is 6.92 Å². The van der Waals surface area contributed by atoms with Gasteiger partial charge in [-0.2, -0.15) is 0 Å². The van der Waals surface area contributed by atoms with Gasteiger partial charge in [-0.25, -0.2) is 13.1 Å². The molecule has 0 unspecified atom stereocenters. The van der Waals surface area contributed by atoms with Crippen molar-refractivity contribution in [3.63, 3.8) is 0 Å². The molecule has 0 atom stereocenters. The first-order valence-electron chi connectivity index (χ1n) is 7.37. The minimum atomic E-state index is -3.54. The first-order valence-corrected chi connectivity index (χ1v) is 8.86. The zero-order chi connectivity index (χ0) is 16.3. The minimum Gasteiger partial charge on any atom is -0.465 e. The van der Waals surface area contributed by atoms with Crippen LogP contribution in [0, 0.1) is 19.3 Å². The van der Waals surface area contributed by atoms with Crippen LogP contribution < -0.4 is 10.0 Å². The highest BCUT2D eigenvalue weighted by Gasteiger charge is 2.26. The topological polar surface area (TPSA) is 71.3 Å². The predicted octanol–water partition coefficient (Wildman–Crippen LogP) is 2.72. The van der Waals surface area contributed by atoms with Crippen molar-refractivity contribution in [1.82, 2.24) is 10.0 Å². The molecule has 21 heavy (non-hydrogen) atoms. The van der Waals surface area contributed by atoms with Crippen LogP contribution in [0.15, 0.2) is 9.31 Å². The minimum absolute atomic E-state index is 0.0937. The van der Waals surface area contributed by atoms with Crippen LogP contribution in [0.3, 0.4) is 0 Å². The van der Waals surface area contributed by atoms with Crippen molar-refractivity contribution >= 4 is 10.0 Å². The van der Waals surface area contributed by atoms with E-state index in [1.54, 1.807) is 13.8 Å². The Morgan fingerprint density at radius 2 is 1.76 bits per heavy atom. The van der Waals surface area contributed by atoms with Crippen LogP contribution in [0.4, 0.5) is 0 Å². The van der Waals surface area contributed by atoms with Gasteiger partial charge in [-0.1, -0.05) is 27.7 Å². The van der Waals surface area contributed by atoms with Crippen LogP contribution in [0.25, 0.3) is 0 Å². The number of nitrogens with one attached hydrogen (secondary N) is 2. The standard InChI is InChI=1S/C15H28N2O3S/c1-7-16-10-13-11(2)20-12(3)14(13)21(18,19)17-9-8-15(4,5)6/h16-17H,7-10H2,1-6H3. The van der Waals surface area contributed by atoms with Crippen molar-refractivity contribution in [1.29, 1.82) is 0 Å². The number of hydrogen-bond donors (Lipinski definition) is 2. The summed E-state index contributed by atoms with van der Waals surface area (Å²) >= 11 is 0. The van der Waals surface area contributed by atoms with Gasteiger partial charge in [0.1, 0.15) is 16.4 Å². The Morgan fingerprint density at radius 1 is 1.14 bits per heavy atom. The number of aryl methyl sites for hydroxylation is 2. The molecule has 0 aromatic carbocycles. The highest BCUT2D eigenvalue weighted by Crippen LogP contribution is 2.26. The van der Waals surface area contributed by atoms with Gasteiger partial charge in [-0.3, -0.25) is 0 Å². The van der Waals surface area contributed by atoms with E-state index in [4.69, 9.17) is 4.42 Å². The van der Waals surface area contributed by atoms with Crippen molar-refractivity contribution in [2.24, 2.45) is 5.41 Å². The Hall–Kier alpha value is -0.850. The molecule has 1 heterocycles. The molecule has 0 radical (unpaired) electrons. The molecule has 2 N–H and O–H groups in total. The summed E-state index contributed by atoms with van der Waals surface area (Å²) in [5, 5.41) is 3.16. The Labute approximate surface area is 128 Å². The zero-order valence-electron chi connectivity index (χ0n) is 14.0. The van der Waals surface area contributed by atoms with Crippen molar-refractivity contribution in [2.75, 3.05) is 13.1 Å². The molecule has 1 rings (SSSR count). The van der Waals surface area contributed by atoms with E-state index in [0.29, 0.717) is 24.6 Å². The summed E-state index contributed by atoms with van der Waals surface area (Å²) in [6, 6.07) is 0. The predicted molar refractivity (Wildman–Crippen MR) is 84.8 cm³/mol. The summed E-state index contributed by atoms with van der Waals surface area (Å²) in [6.45, 7) is 13.4. The first kappa shape index (κ1) is 18.2. The van der Waals surface area contributed by atoms with E-state index in [2.05, 4.69) is 30.8 Å². The van der Waals surface area contributed by atoms with Crippen LogP contribution in [0.1, 0.15) is 51.2 Å². The van der Waals surface area contributed by atoms with E-state index in [0.717, 1.165) is 18.5 Å². The number of furan rings is 1. The first-order chi connectivity index (χ1) is 9.58. The molecule has 0 saturated heterocycles. The van der Waals surface area contributed by atoms with Crippen molar-refractivity contribution < 1.29 is 12.8 Å². The Morgan fingerprint density at radius 3 is 2.29 bits per heavy atom. The van der Waals surface area contributed by atoms with Gasteiger partial charge < -0.3 is 9.73 Å². The van der Waals surface area contributed by atoms with Gasteiger partial charge >= 0.3 is 0 Å². The second-order valence-corrected chi connectivity index (χ2v) is 8.21. The van der Waals surface area contributed by atoms with Crippen LogP contribution >= 0.6 is 0 Å². The summed E-state index contributed by atoms with van der Waals surface area (Å²) in [5.41, 5.74) is 0.814. The summed E-state index contributed by atoms with van der Waals surface area (Å²) in [6.07, 6.45) is 0.782. The maximum absolute atomic E-state index is 12.5. The molecule has 1 aromatic heterocycles. The highest BCUT2D eigenvalue weighted by molar-refractivity contribution is 7.89. The SMILES string of the molecule is CCNCc1c(C)oc(C)c1S(=O)(=O)NCCC(C)(C)C. The fourth-order valence-corrected chi connectivity index (χ4v) is 3.62. The highest BCUT2D eigenvalue weighted by atomic mass is 32.2. The van der Waals surface area contributed by atoms with E-state index in [1.165, 1.54) is 0 Å². The molecule has 0 aliphatic heterocycles. The molecule has 1 aromatic rings. The van der Waals surface area contributed by atoms with Crippen LogP contribution in [0.5, 0.6) is 0 Å². The molecule has 0 aliphatic carbocycles. The normalized spacial score (nSPS) is 12.9. The maximum atomic E-state index is 12.5. The molecule has 122 valence electrons. The largest absolute Gasteiger partial charge is 0.465 e. The molecule has 0 aliphatic rings. The maximum Gasteiger partial charge on any atom is 0.244 e. The van der Waals surface area contributed by atoms with E-state index < -0.39 is 10.0 Å². The number of hydrogen-bond acceptors (Lipinski definition) is 4. The lowest BCUT2D eigenvalue weighted by atomic mass is 9.93. The zero-order valence-corrected chi connectivity index (χ0v) is 14.8. The molecular formula is C15H28N2O3S. The lowest BCUT2D eigenvalue weighted by Gasteiger charge is -2.18. The number of sulfonamides is 1. The van der Waals surface area contributed by atoms with E-state index in [-0.39, 0.29) is 10.3 Å². The lowest BCUT2D eigenvalue weighted by Crippen LogP contribution is -2.29. The third-order valence-electron chi connectivity index (χ3n) is 3.31. The Balaban J connectivity index is 2.97. The molecule has 0 bridgehead atoms. The quantitative estimate of drug-likeness (QED) is 0.811. The van der Waals surface area contributed by atoms with Crippen molar-refractivity contribution in [3.8, 4) is 0 Å². The third kappa shape index (κ3) is 5.13. The fraction of sp³-hybridized carbons (Fsp3) is 0.733.